The van der Waals surface area contributed by atoms with Crippen molar-refractivity contribution in [3.05, 3.63) is 29.3 Å². The van der Waals surface area contributed by atoms with Crippen molar-refractivity contribution in [2.24, 2.45) is 23.2 Å². The smallest absolute Gasteiger partial charge is 0.312 e. The van der Waals surface area contributed by atoms with Gasteiger partial charge < -0.3 is 14.5 Å². The quantitative estimate of drug-likeness (QED) is 0.701. The van der Waals surface area contributed by atoms with Gasteiger partial charge in [-0.05, 0) is 68.4 Å². The Morgan fingerprint density at radius 2 is 1.55 bits per heavy atom. The molecule has 29 heavy (non-hydrogen) atoms. The number of amides is 1. The molecule has 4 bridgehead atoms. The van der Waals surface area contributed by atoms with Crippen molar-refractivity contribution in [3.63, 3.8) is 0 Å². The van der Waals surface area contributed by atoms with Crippen molar-refractivity contribution >= 4 is 29.2 Å². The largest absolute Gasteiger partial charge is 0.455 e. The lowest BCUT2D eigenvalue weighted by atomic mass is 9.49. The Hall–Kier alpha value is -1.75. The number of benzene rings is 1. The van der Waals surface area contributed by atoms with Gasteiger partial charge in [-0.1, -0.05) is 23.7 Å². The van der Waals surface area contributed by atoms with Crippen LogP contribution in [0.5, 0.6) is 0 Å². The van der Waals surface area contributed by atoms with Crippen LogP contribution in [0.25, 0.3) is 0 Å². The number of nitrogens with zero attached hydrogens (tertiary/aromatic N) is 2. The predicted octanol–water partition coefficient (Wildman–Crippen LogP) is 3.75. The van der Waals surface area contributed by atoms with Gasteiger partial charge >= 0.3 is 5.97 Å². The summed E-state index contributed by atoms with van der Waals surface area (Å²) in [5, 5.41) is 0.733. The zero-order valence-corrected chi connectivity index (χ0v) is 17.6. The first-order chi connectivity index (χ1) is 14.0. The molecule has 0 unspecified atom stereocenters. The van der Waals surface area contributed by atoms with E-state index >= 15 is 0 Å². The van der Waals surface area contributed by atoms with E-state index in [-0.39, 0.29) is 23.9 Å². The van der Waals surface area contributed by atoms with Gasteiger partial charge in [0.2, 0.25) is 0 Å². The molecule has 6 heteroatoms. The molecule has 5 aliphatic rings. The second kappa shape index (κ2) is 7.50. The number of hydrogen-bond acceptors (Lipinski definition) is 4. The summed E-state index contributed by atoms with van der Waals surface area (Å²) in [6, 6.07) is 7.79. The van der Waals surface area contributed by atoms with Crippen molar-refractivity contribution in [1.29, 1.82) is 0 Å². The molecule has 5 fully saturated rings. The lowest BCUT2D eigenvalue weighted by molar-refractivity contribution is -0.174. The SMILES string of the molecule is O=C(COC(=O)C12CC3CC(CC(C3)C1)C2)N1CCN(c2ccccc2Cl)CC1. The molecule has 0 N–H and O–H groups in total. The summed E-state index contributed by atoms with van der Waals surface area (Å²) in [5.74, 6) is 1.90. The minimum absolute atomic E-state index is 0.0816. The normalized spacial score (nSPS) is 33.1. The van der Waals surface area contributed by atoms with E-state index in [4.69, 9.17) is 16.3 Å². The molecule has 1 amide bonds. The van der Waals surface area contributed by atoms with Gasteiger partial charge in [0.1, 0.15) is 0 Å². The molecule has 0 spiro atoms. The van der Waals surface area contributed by atoms with E-state index in [0.29, 0.717) is 30.8 Å². The van der Waals surface area contributed by atoms with Gasteiger partial charge in [0.15, 0.2) is 6.61 Å². The summed E-state index contributed by atoms with van der Waals surface area (Å²) in [4.78, 5) is 29.6. The van der Waals surface area contributed by atoms with Crippen LogP contribution in [-0.4, -0.2) is 49.6 Å². The fraction of sp³-hybridized carbons (Fsp3) is 0.652. The monoisotopic (exact) mass is 416 g/mol. The average Bonchev–Trinajstić information content (AvgIpc) is 2.71. The Balaban J connectivity index is 1.13. The molecular weight excluding hydrogens is 388 g/mol. The van der Waals surface area contributed by atoms with Gasteiger partial charge in [-0.15, -0.1) is 0 Å². The van der Waals surface area contributed by atoms with Gasteiger partial charge in [0.05, 0.1) is 16.1 Å². The third-order valence-electron chi connectivity index (χ3n) is 7.62. The topological polar surface area (TPSA) is 49.9 Å². The van der Waals surface area contributed by atoms with E-state index in [0.717, 1.165) is 43.1 Å². The zero-order chi connectivity index (χ0) is 20.0. The van der Waals surface area contributed by atoms with Gasteiger partial charge in [-0.2, -0.15) is 0 Å². The lowest BCUT2D eigenvalue weighted by Gasteiger charge is -2.55. The molecular formula is C23H29ClN2O3. The summed E-state index contributed by atoms with van der Waals surface area (Å²) in [6.45, 7) is 2.60. The number of carbonyl (C=O) groups is 2. The predicted molar refractivity (Wildman–Crippen MR) is 112 cm³/mol. The van der Waals surface area contributed by atoms with E-state index in [1.165, 1.54) is 19.3 Å². The van der Waals surface area contributed by atoms with Crippen LogP contribution in [0.2, 0.25) is 5.02 Å². The summed E-state index contributed by atoms with van der Waals surface area (Å²) in [5.41, 5.74) is 0.715. The number of carbonyl (C=O) groups excluding carboxylic acids is 2. The van der Waals surface area contributed by atoms with Crippen molar-refractivity contribution < 1.29 is 14.3 Å². The van der Waals surface area contributed by atoms with Crippen LogP contribution >= 0.6 is 11.6 Å². The first-order valence-corrected chi connectivity index (χ1v) is 11.3. The molecule has 1 aromatic carbocycles. The maximum atomic E-state index is 12.9. The standard InChI is InChI=1S/C23H29ClN2O3/c24-19-3-1-2-4-20(19)25-5-7-26(8-6-25)21(27)15-29-22(28)23-12-16-9-17(13-23)11-18(10-16)14-23/h1-4,16-18H,5-15H2. The number of rotatable bonds is 4. The molecule has 4 aliphatic carbocycles. The zero-order valence-electron chi connectivity index (χ0n) is 16.8. The molecule has 6 rings (SSSR count). The fourth-order valence-corrected chi connectivity index (χ4v) is 6.89. The maximum absolute atomic E-state index is 12.9. The minimum atomic E-state index is -0.294. The van der Waals surface area contributed by atoms with E-state index in [1.807, 2.05) is 24.3 Å². The second-order valence-corrected chi connectivity index (χ2v) is 10.0. The van der Waals surface area contributed by atoms with Crippen LogP contribution in [-0.2, 0) is 14.3 Å². The molecule has 1 heterocycles. The van der Waals surface area contributed by atoms with Crippen LogP contribution in [0, 0.1) is 23.2 Å². The highest BCUT2D eigenvalue weighted by Crippen LogP contribution is 2.60. The average molecular weight is 417 g/mol. The van der Waals surface area contributed by atoms with Crippen LogP contribution in [0.3, 0.4) is 0 Å². The number of piperazine rings is 1. The van der Waals surface area contributed by atoms with Crippen LogP contribution in [0.1, 0.15) is 38.5 Å². The summed E-state index contributed by atoms with van der Waals surface area (Å²) in [7, 11) is 0. The van der Waals surface area contributed by atoms with Crippen molar-refractivity contribution in [2.75, 3.05) is 37.7 Å². The van der Waals surface area contributed by atoms with Crippen molar-refractivity contribution in [1.82, 2.24) is 4.90 Å². The second-order valence-electron chi connectivity index (χ2n) is 9.59. The maximum Gasteiger partial charge on any atom is 0.312 e. The number of halogens is 1. The van der Waals surface area contributed by atoms with Gasteiger partial charge in [0, 0.05) is 26.2 Å². The number of ether oxygens (including phenoxy) is 1. The molecule has 156 valence electrons. The van der Waals surface area contributed by atoms with E-state index in [9.17, 15) is 9.59 Å². The Labute approximate surface area is 177 Å². The van der Waals surface area contributed by atoms with E-state index in [2.05, 4.69) is 4.90 Å². The van der Waals surface area contributed by atoms with Gasteiger partial charge in [-0.25, -0.2) is 0 Å². The first kappa shape index (κ1) is 19.2. The highest BCUT2D eigenvalue weighted by Gasteiger charge is 2.55. The van der Waals surface area contributed by atoms with E-state index in [1.54, 1.807) is 4.90 Å². The Morgan fingerprint density at radius 3 is 2.14 bits per heavy atom. The summed E-state index contributed by atoms with van der Waals surface area (Å²) < 4.78 is 5.61. The van der Waals surface area contributed by atoms with Gasteiger partial charge in [-0.3, -0.25) is 9.59 Å². The molecule has 0 atom stereocenters. The third kappa shape index (κ3) is 3.63. The number of anilines is 1. The highest BCUT2D eigenvalue weighted by molar-refractivity contribution is 6.33. The lowest BCUT2D eigenvalue weighted by Crippen LogP contribution is -2.52. The Morgan fingerprint density at radius 1 is 0.966 bits per heavy atom. The molecule has 4 saturated carbocycles. The first-order valence-electron chi connectivity index (χ1n) is 11.0. The molecule has 5 nitrogen and oxygen atoms in total. The van der Waals surface area contributed by atoms with E-state index < -0.39 is 0 Å². The number of hydrogen-bond donors (Lipinski definition) is 0. The number of para-hydroxylation sites is 1. The Bertz CT molecular complexity index is 768. The Kier molecular flexibility index (Phi) is 4.97. The molecule has 1 aromatic rings. The van der Waals surface area contributed by atoms with Gasteiger partial charge in [0.25, 0.3) is 5.91 Å². The van der Waals surface area contributed by atoms with Crippen LogP contribution < -0.4 is 4.90 Å². The third-order valence-corrected chi connectivity index (χ3v) is 7.94. The molecule has 0 radical (unpaired) electrons. The van der Waals surface area contributed by atoms with Crippen molar-refractivity contribution in [2.45, 2.75) is 38.5 Å². The number of esters is 1. The van der Waals surface area contributed by atoms with Crippen molar-refractivity contribution in [3.8, 4) is 0 Å². The molecule has 1 saturated heterocycles. The fourth-order valence-electron chi connectivity index (χ4n) is 6.64. The molecule has 0 aromatic heterocycles. The molecule has 1 aliphatic heterocycles. The van der Waals surface area contributed by atoms with Crippen LogP contribution in [0.4, 0.5) is 5.69 Å². The minimum Gasteiger partial charge on any atom is -0.455 e. The van der Waals surface area contributed by atoms with Crippen LogP contribution in [0.15, 0.2) is 24.3 Å². The summed E-state index contributed by atoms with van der Waals surface area (Å²) in [6.07, 6.45) is 6.80. The highest BCUT2D eigenvalue weighted by atomic mass is 35.5. The summed E-state index contributed by atoms with van der Waals surface area (Å²) >= 11 is 6.29.